The van der Waals surface area contributed by atoms with Crippen LogP contribution >= 0.6 is 11.3 Å². The third-order valence-corrected chi connectivity index (χ3v) is 9.02. The zero-order chi connectivity index (χ0) is 22.4. The van der Waals surface area contributed by atoms with Gasteiger partial charge in [0.15, 0.2) is 0 Å². The SMILES string of the molecule is CN1C(=O)C(Cc2cc3c(s2)-n2c4ccccc4c4cccc(c42)C3(C)C)C(=O)N=C1[Te]. The van der Waals surface area contributed by atoms with Crippen LogP contribution in [0.25, 0.3) is 26.8 Å². The van der Waals surface area contributed by atoms with Gasteiger partial charge in [-0.15, -0.1) is 0 Å². The molecule has 0 N–H and O–H groups in total. The number of para-hydroxylation sites is 2. The number of carbonyl (C=O) groups is 2. The Morgan fingerprint density at radius 2 is 1.81 bits per heavy atom. The van der Waals surface area contributed by atoms with E-state index in [1.54, 1.807) is 40.7 Å². The van der Waals surface area contributed by atoms with E-state index in [0.717, 1.165) is 4.88 Å². The summed E-state index contributed by atoms with van der Waals surface area (Å²) < 4.78 is 2.84. The zero-order valence-corrected chi connectivity index (χ0v) is 21.0. The molecule has 2 amide bonds. The molecule has 1 radical (unpaired) electrons. The third-order valence-electron chi connectivity index (χ3n) is 6.83. The van der Waals surface area contributed by atoms with Crippen molar-refractivity contribution in [2.24, 2.45) is 10.9 Å². The van der Waals surface area contributed by atoms with Crippen LogP contribution in [0.3, 0.4) is 0 Å². The molecule has 0 saturated heterocycles. The molecule has 1 atom stereocenters. The molecule has 159 valence electrons. The van der Waals surface area contributed by atoms with Crippen LogP contribution in [-0.4, -0.2) is 54.5 Å². The third kappa shape index (κ3) is 2.59. The number of amides is 2. The minimum absolute atomic E-state index is 0.173. The van der Waals surface area contributed by atoms with Crippen LogP contribution in [0.15, 0.2) is 53.5 Å². The Morgan fingerprint density at radius 1 is 1.06 bits per heavy atom. The van der Waals surface area contributed by atoms with E-state index in [1.807, 2.05) is 0 Å². The number of hydrogen-bond donors (Lipinski definition) is 0. The van der Waals surface area contributed by atoms with Crippen LogP contribution in [0.5, 0.6) is 0 Å². The molecule has 2 aliphatic rings. The second-order valence-electron chi connectivity index (χ2n) is 9.00. The van der Waals surface area contributed by atoms with Crippen LogP contribution in [-0.2, 0) is 21.4 Å². The first-order valence-electron chi connectivity index (χ1n) is 10.5. The summed E-state index contributed by atoms with van der Waals surface area (Å²) in [6.07, 6.45) is 0.381. The number of benzene rings is 2. The summed E-state index contributed by atoms with van der Waals surface area (Å²) in [5.74, 6) is -1.26. The van der Waals surface area contributed by atoms with Crippen LogP contribution in [0, 0.1) is 5.92 Å². The van der Waals surface area contributed by atoms with E-state index in [9.17, 15) is 9.59 Å². The normalized spacial score (nSPS) is 19.5. The molecule has 4 heterocycles. The van der Waals surface area contributed by atoms with E-state index in [0.29, 0.717) is 10.3 Å². The van der Waals surface area contributed by atoms with E-state index < -0.39 is 5.92 Å². The number of hydrogen-bond acceptors (Lipinski definition) is 3. The van der Waals surface area contributed by atoms with Crippen LogP contribution in [0.4, 0.5) is 0 Å². The van der Waals surface area contributed by atoms with Crippen molar-refractivity contribution < 1.29 is 9.59 Å². The van der Waals surface area contributed by atoms with Crippen LogP contribution in [0.2, 0.25) is 0 Å². The van der Waals surface area contributed by atoms with E-state index in [4.69, 9.17) is 0 Å². The van der Waals surface area contributed by atoms with E-state index in [2.05, 4.69) is 71.9 Å². The van der Waals surface area contributed by atoms with Gasteiger partial charge >= 0.3 is 197 Å². The van der Waals surface area contributed by atoms with Crippen molar-refractivity contribution in [3.05, 3.63) is 64.5 Å². The molecule has 0 bridgehead atoms. The topological polar surface area (TPSA) is 54.7 Å². The molecule has 2 aromatic carbocycles. The van der Waals surface area contributed by atoms with E-state index >= 15 is 0 Å². The molecule has 4 aromatic rings. The van der Waals surface area contributed by atoms with Crippen LogP contribution in [0.1, 0.15) is 29.9 Å². The molecular formula is C25H20N3O2STe. The van der Waals surface area contributed by atoms with Crippen molar-refractivity contribution in [2.75, 3.05) is 7.05 Å². The maximum atomic E-state index is 12.8. The number of carbonyl (C=O) groups excluding carboxylic acids is 2. The van der Waals surface area contributed by atoms with Gasteiger partial charge in [-0.25, -0.2) is 0 Å². The van der Waals surface area contributed by atoms with E-state index in [1.165, 1.54) is 42.8 Å². The van der Waals surface area contributed by atoms with Gasteiger partial charge in [-0.1, -0.05) is 6.07 Å². The fourth-order valence-corrected chi connectivity index (χ4v) is 6.98. The Balaban J connectivity index is 1.55. The van der Waals surface area contributed by atoms with Crippen molar-refractivity contribution >= 4 is 71.1 Å². The Morgan fingerprint density at radius 3 is 2.62 bits per heavy atom. The van der Waals surface area contributed by atoms with Gasteiger partial charge in [0.05, 0.1) is 0 Å². The first kappa shape index (κ1) is 20.2. The number of nitrogens with zero attached hydrogens (tertiary/aromatic N) is 3. The Hall–Kier alpha value is -2.46. The number of thiophene rings is 1. The van der Waals surface area contributed by atoms with Gasteiger partial charge in [-0.3, -0.25) is 0 Å². The summed E-state index contributed by atoms with van der Waals surface area (Å²) >= 11 is 3.30. The molecule has 7 heteroatoms. The van der Waals surface area contributed by atoms with Gasteiger partial charge in [0.25, 0.3) is 0 Å². The van der Waals surface area contributed by atoms with Crippen molar-refractivity contribution in [3.63, 3.8) is 0 Å². The fraction of sp³-hybridized carbons (Fsp3) is 0.240. The number of aromatic nitrogens is 1. The zero-order valence-electron chi connectivity index (χ0n) is 17.9. The molecule has 5 nitrogen and oxygen atoms in total. The molecule has 0 spiro atoms. The van der Waals surface area contributed by atoms with Gasteiger partial charge in [-0.2, -0.15) is 0 Å². The summed E-state index contributed by atoms with van der Waals surface area (Å²) in [6.45, 7) is 4.52. The van der Waals surface area contributed by atoms with E-state index in [-0.39, 0.29) is 17.2 Å². The standard InChI is InChI=1S/C25H20N3O2STe/c1-25(2)17-9-6-8-15-14-7-4-5-10-19(14)28(20(15)17)23-18(25)12-13(31-23)11-16-21(29)26-24(32)27(3)22(16)30/h4-10,12,16H,11H2,1-3H3. The fourth-order valence-electron chi connectivity index (χ4n) is 5.08. The average molecular weight is 554 g/mol. The first-order valence-corrected chi connectivity index (χ1v) is 12.5. The predicted molar refractivity (Wildman–Crippen MR) is 129 cm³/mol. The van der Waals surface area contributed by atoms with Crippen molar-refractivity contribution in [1.29, 1.82) is 0 Å². The van der Waals surface area contributed by atoms with Gasteiger partial charge in [0.2, 0.25) is 0 Å². The number of fused-ring (bicyclic) bond motifs is 5. The summed E-state index contributed by atoms with van der Waals surface area (Å²) in [6, 6.07) is 17.3. The Kier molecular flexibility index (Phi) is 4.27. The van der Waals surface area contributed by atoms with Gasteiger partial charge in [-0.05, 0) is 0 Å². The molecular weight excluding hydrogens is 534 g/mol. The second kappa shape index (κ2) is 6.77. The van der Waals surface area contributed by atoms with Gasteiger partial charge in [0.1, 0.15) is 0 Å². The quantitative estimate of drug-likeness (QED) is 0.276. The maximum absolute atomic E-state index is 12.8. The monoisotopic (exact) mass is 556 g/mol. The molecule has 2 aromatic heterocycles. The second-order valence-corrected chi connectivity index (χ2v) is 11.2. The number of amidine groups is 1. The summed E-state index contributed by atoms with van der Waals surface area (Å²) in [4.78, 5) is 32.0. The number of aliphatic imine (C=N–C) groups is 1. The molecule has 0 saturated carbocycles. The molecule has 0 fully saturated rings. The summed E-state index contributed by atoms with van der Waals surface area (Å²) in [7, 11) is 1.69. The van der Waals surface area contributed by atoms with Crippen molar-refractivity contribution in [3.8, 4) is 5.00 Å². The van der Waals surface area contributed by atoms with Gasteiger partial charge in [0, 0.05) is 0 Å². The molecule has 2 aliphatic heterocycles. The first-order chi connectivity index (χ1) is 15.3. The minimum atomic E-state index is -0.752. The number of rotatable bonds is 2. The molecule has 0 aliphatic carbocycles. The Bertz CT molecular complexity index is 1510. The molecule has 32 heavy (non-hydrogen) atoms. The van der Waals surface area contributed by atoms with Gasteiger partial charge < -0.3 is 0 Å². The predicted octanol–water partition coefficient (Wildman–Crippen LogP) is 4.17. The summed E-state index contributed by atoms with van der Waals surface area (Å²) in [5, 5.41) is 3.68. The Labute approximate surface area is 202 Å². The van der Waals surface area contributed by atoms with Crippen LogP contribution < -0.4 is 0 Å². The summed E-state index contributed by atoms with van der Waals surface area (Å²) in [5.41, 5.74) is 4.80. The van der Waals surface area contributed by atoms with Crippen molar-refractivity contribution in [2.45, 2.75) is 25.7 Å². The molecule has 1 unspecified atom stereocenters. The molecule has 6 rings (SSSR count). The van der Waals surface area contributed by atoms with Crippen molar-refractivity contribution in [1.82, 2.24) is 9.47 Å². The average Bonchev–Trinajstić information content (AvgIpc) is 3.34.